The third-order valence-corrected chi connectivity index (χ3v) is 5.14. The van der Waals surface area contributed by atoms with Crippen LogP contribution in [0.3, 0.4) is 0 Å². The summed E-state index contributed by atoms with van der Waals surface area (Å²) < 4.78 is 11.3. The molecule has 0 spiro atoms. The number of aryl methyl sites for hydroxylation is 3. The Hall–Kier alpha value is -4.04. The lowest BCUT2D eigenvalue weighted by Gasteiger charge is -2.12. The van der Waals surface area contributed by atoms with Crippen molar-refractivity contribution in [1.82, 2.24) is 0 Å². The van der Waals surface area contributed by atoms with Gasteiger partial charge in [0.05, 0.1) is 7.11 Å². The molecule has 0 heterocycles. The van der Waals surface area contributed by atoms with Gasteiger partial charge in [-0.3, -0.25) is 4.79 Å². The van der Waals surface area contributed by atoms with E-state index in [1.54, 1.807) is 25.3 Å². The minimum absolute atomic E-state index is 0.00129. The summed E-state index contributed by atoms with van der Waals surface area (Å²) in [5.74, 6) is 0.649. The first-order valence-electron chi connectivity index (χ1n) is 10.3. The topological polar surface area (TPSA) is 71.3 Å². The lowest BCUT2D eigenvalue weighted by molar-refractivity contribution is -0.112. The maximum Gasteiger partial charge on any atom is 0.266 e. The summed E-state index contributed by atoms with van der Waals surface area (Å²) >= 11 is 0. The Labute approximate surface area is 188 Å². The highest BCUT2D eigenvalue weighted by Gasteiger charge is 2.12. The van der Waals surface area contributed by atoms with Crippen LogP contribution in [-0.2, 0) is 11.4 Å². The van der Waals surface area contributed by atoms with Gasteiger partial charge >= 0.3 is 0 Å². The van der Waals surface area contributed by atoms with Gasteiger partial charge in [-0.25, -0.2) is 0 Å². The van der Waals surface area contributed by atoms with Crippen LogP contribution in [-0.4, -0.2) is 13.0 Å². The second-order valence-corrected chi connectivity index (χ2v) is 7.61. The molecule has 0 fully saturated rings. The molecule has 0 bridgehead atoms. The molecule has 0 radical (unpaired) electrons. The summed E-state index contributed by atoms with van der Waals surface area (Å²) in [5, 5.41) is 12.3. The molecule has 3 aromatic carbocycles. The SMILES string of the molecule is COc1cc(/C=C(\C#N)C(=O)Nc2ccc(C)c(C)c2)ccc1OCc1ccc(C)cc1. The number of hydrogen-bond acceptors (Lipinski definition) is 4. The Morgan fingerprint density at radius 3 is 2.38 bits per heavy atom. The zero-order valence-corrected chi connectivity index (χ0v) is 18.7. The van der Waals surface area contributed by atoms with E-state index in [1.165, 1.54) is 11.6 Å². The van der Waals surface area contributed by atoms with Gasteiger partial charge in [0, 0.05) is 5.69 Å². The average molecular weight is 427 g/mol. The number of nitriles is 1. The number of rotatable bonds is 7. The lowest BCUT2D eigenvalue weighted by Crippen LogP contribution is -2.13. The van der Waals surface area contributed by atoms with E-state index in [2.05, 4.69) is 5.32 Å². The predicted octanol–water partition coefficient (Wildman–Crippen LogP) is 5.75. The molecule has 0 aliphatic rings. The van der Waals surface area contributed by atoms with Crippen LogP contribution in [0.2, 0.25) is 0 Å². The van der Waals surface area contributed by atoms with Crippen LogP contribution in [0.15, 0.2) is 66.2 Å². The summed E-state index contributed by atoms with van der Waals surface area (Å²) in [5.41, 5.74) is 5.76. The second-order valence-electron chi connectivity index (χ2n) is 7.61. The standard InChI is InChI=1S/C27H26N2O3/c1-18-5-8-21(9-6-18)17-32-25-12-10-22(15-26(25)31-4)14-23(16-28)27(30)29-24-11-7-19(2)20(3)13-24/h5-15H,17H2,1-4H3,(H,29,30)/b23-14+. The first kappa shape index (κ1) is 22.6. The van der Waals surface area contributed by atoms with E-state index in [0.717, 1.165) is 16.7 Å². The molecule has 5 heteroatoms. The first-order chi connectivity index (χ1) is 15.4. The maximum absolute atomic E-state index is 12.6. The van der Waals surface area contributed by atoms with Gasteiger partial charge in [0.2, 0.25) is 0 Å². The minimum atomic E-state index is -0.464. The molecule has 5 nitrogen and oxygen atoms in total. The molecule has 0 aliphatic heterocycles. The largest absolute Gasteiger partial charge is 0.493 e. The molecule has 0 aliphatic carbocycles. The molecule has 0 aromatic heterocycles. The van der Waals surface area contributed by atoms with Crippen molar-refractivity contribution < 1.29 is 14.3 Å². The van der Waals surface area contributed by atoms with Crippen molar-refractivity contribution in [3.8, 4) is 17.6 Å². The molecular formula is C27H26N2O3. The third-order valence-electron chi connectivity index (χ3n) is 5.14. The quantitative estimate of drug-likeness (QED) is 0.386. The summed E-state index contributed by atoms with van der Waals surface area (Å²) in [6.45, 7) is 6.43. The van der Waals surface area contributed by atoms with Crippen molar-refractivity contribution in [1.29, 1.82) is 5.26 Å². The Morgan fingerprint density at radius 1 is 0.969 bits per heavy atom. The number of nitrogens with zero attached hydrogens (tertiary/aromatic N) is 1. The second kappa shape index (κ2) is 10.3. The van der Waals surface area contributed by atoms with Gasteiger partial charge in [-0.15, -0.1) is 0 Å². The number of amides is 1. The van der Waals surface area contributed by atoms with E-state index in [-0.39, 0.29) is 5.57 Å². The smallest absolute Gasteiger partial charge is 0.266 e. The fourth-order valence-corrected chi connectivity index (χ4v) is 3.07. The molecular weight excluding hydrogens is 400 g/mol. The summed E-state index contributed by atoms with van der Waals surface area (Å²) in [7, 11) is 1.55. The Balaban J connectivity index is 1.75. The van der Waals surface area contributed by atoms with Crippen LogP contribution < -0.4 is 14.8 Å². The Morgan fingerprint density at radius 2 is 1.72 bits per heavy atom. The molecule has 0 saturated carbocycles. The van der Waals surface area contributed by atoms with E-state index in [9.17, 15) is 10.1 Å². The van der Waals surface area contributed by atoms with Crippen LogP contribution in [0.1, 0.15) is 27.8 Å². The number of ether oxygens (including phenoxy) is 2. The zero-order valence-electron chi connectivity index (χ0n) is 18.7. The van der Waals surface area contributed by atoms with Crippen LogP contribution >= 0.6 is 0 Å². The van der Waals surface area contributed by atoms with E-state index >= 15 is 0 Å². The highest BCUT2D eigenvalue weighted by atomic mass is 16.5. The van der Waals surface area contributed by atoms with Crippen molar-refractivity contribution in [2.45, 2.75) is 27.4 Å². The van der Waals surface area contributed by atoms with Gasteiger partial charge < -0.3 is 14.8 Å². The first-order valence-corrected chi connectivity index (χ1v) is 10.3. The van der Waals surface area contributed by atoms with E-state index in [0.29, 0.717) is 29.4 Å². The minimum Gasteiger partial charge on any atom is -0.493 e. The monoisotopic (exact) mass is 426 g/mol. The Kier molecular flexibility index (Phi) is 7.30. The van der Waals surface area contributed by atoms with Crippen molar-refractivity contribution in [3.63, 3.8) is 0 Å². The van der Waals surface area contributed by atoms with Gasteiger partial charge in [-0.2, -0.15) is 5.26 Å². The molecule has 0 saturated heterocycles. The average Bonchev–Trinajstić information content (AvgIpc) is 2.79. The molecule has 3 rings (SSSR count). The molecule has 0 unspecified atom stereocenters. The van der Waals surface area contributed by atoms with Gasteiger partial charge in [-0.1, -0.05) is 42.0 Å². The fraction of sp³-hybridized carbons (Fsp3) is 0.185. The number of benzene rings is 3. The fourth-order valence-electron chi connectivity index (χ4n) is 3.07. The maximum atomic E-state index is 12.6. The van der Waals surface area contributed by atoms with Crippen molar-refractivity contribution in [2.75, 3.05) is 12.4 Å². The van der Waals surface area contributed by atoms with Gasteiger partial charge in [0.15, 0.2) is 11.5 Å². The van der Waals surface area contributed by atoms with Crippen LogP contribution in [0.4, 0.5) is 5.69 Å². The normalized spacial score (nSPS) is 10.9. The van der Waals surface area contributed by atoms with E-state index in [4.69, 9.17) is 9.47 Å². The van der Waals surface area contributed by atoms with Gasteiger partial charge in [0.1, 0.15) is 18.2 Å². The van der Waals surface area contributed by atoms with Crippen LogP contribution in [0.5, 0.6) is 11.5 Å². The summed E-state index contributed by atoms with van der Waals surface area (Å²) in [6, 6.07) is 21.0. The van der Waals surface area contributed by atoms with E-state index < -0.39 is 5.91 Å². The molecule has 3 aromatic rings. The molecule has 0 atom stereocenters. The molecule has 162 valence electrons. The zero-order chi connectivity index (χ0) is 23.1. The Bertz CT molecular complexity index is 1190. The number of carbonyl (C=O) groups is 1. The number of hydrogen-bond donors (Lipinski definition) is 1. The van der Waals surface area contributed by atoms with Gasteiger partial charge in [-0.05, 0) is 73.4 Å². The van der Waals surface area contributed by atoms with Gasteiger partial charge in [0.25, 0.3) is 5.91 Å². The third kappa shape index (κ3) is 5.77. The van der Waals surface area contributed by atoms with Crippen LogP contribution in [0.25, 0.3) is 6.08 Å². The predicted molar refractivity (Wildman–Crippen MR) is 127 cm³/mol. The molecule has 1 N–H and O–H groups in total. The highest BCUT2D eigenvalue weighted by molar-refractivity contribution is 6.09. The number of methoxy groups -OCH3 is 1. The van der Waals surface area contributed by atoms with Crippen molar-refractivity contribution >= 4 is 17.7 Å². The van der Waals surface area contributed by atoms with Crippen LogP contribution in [0, 0.1) is 32.1 Å². The van der Waals surface area contributed by atoms with Crippen molar-refractivity contribution in [2.24, 2.45) is 0 Å². The van der Waals surface area contributed by atoms with E-state index in [1.807, 2.05) is 69.3 Å². The summed E-state index contributed by atoms with van der Waals surface area (Å²) in [4.78, 5) is 12.6. The number of nitrogens with one attached hydrogen (secondary N) is 1. The molecule has 1 amide bonds. The number of carbonyl (C=O) groups excluding carboxylic acids is 1. The summed E-state index contributed by atoms with van der Waals surface area (Å²) in [6.07, 6.45) is 1.53. The van der Waals surface area contributed by atoms with Crippen molar-refractivity contribution in [3.05, 3.63) is 94.1 Å². The highest BCUT2D eigenvalue weighted by Crippen LogP contribution is 2.30. The lowest BCUT2D eigenvalue weighted by atomic mass is 10.1. The number of anilines is 1. The molecule has 32 heavy (non-hydrogen) atoms.